The Morgan fingerprint density at radius 1 is 0.964 bits per heavy atom. The van der Waals surface area contributed by atoms with Crippen LogP contribution in [-0.2, 0) is 29.5 Å². The molecule has 0 amide bonds. The zero-order chi connectivity index (χ0) is 39.1. The van der Waals surface area contributed by atoms with Crippen LogP contribution >= 0.6 is 0 Å². The van der Waals surface area contributed by atoms with Crippen molar-refractivity contribution < 1.29 is 22.7 Å². The lowest BCUT2D eigenvalue weighted by molar-refractivity contribution is 0.0663. The van der Waals surface area contributed by atoms with Gasteiger partial charge in [0.2, 0.25) is 5.88 Å². The summed E-state index contributed by atoms with van der Waals surface area (Å²) in [5.41, 5.74) is 1.79. The first kappa shape index (κ1) is 38.3. The number of hydrogen-bond donors (Lipinski definition) is 0. The third-order valence-corrected chi connectivity index (χ3v) is 17.0. The van der Waals surface area contributed by atoms with Gasteiger partial charge in [-0.2, -0.15) is 15.5 Å². The summed E-state index contributed by atoms with van der Waals surface area (Å²) in [5, 5.41) is 21.7. The highest BCUT2D eigenvalue weighted by Crippen LogP contribution is 2.48. The normalized spacial score (nSPS) is 15.0. The molecular formula is C41H47F2N7O3Si2. The van der Waals surface area contributed by atoms with Gasteiger partial charge in [-0.15, -0.1) is 0 Å². The molecule has 1 aliphatic heterocycles. The van der Waals surface area contributed by atoms with Crippen LogP contribution < -0.4 is 15.1 Å². The first-order valence-electron chi connectivity index (χ1n) is 18.5. The molecule has 0 bridgehead atoms. The van der Waals surface area contributed by atoms with E-state index >= 15 is 8.78 Å². The number of benzene rings is 2. The molecule has 14 heteroatoms. The summed E-state index contributed by atoms with van der Waals surface area (Å²) in [7, 11) is -2.72. The van der Waals surface area contributed by atoms with E-state index in [1.165, 1.54) is 4.68 Å². The molecule has 1 unspecified atom stereocenters. The molecule has 2 aromatic carbocycles. The van der Waals surface area contributed by atoms with Crippen LogP contribution in [0.15, 0.2) is 85.2 Å². The molecule has 286 valence electrons. The average molecular weight is 780 g/mol. The lowest BCUT2D eigenvalue weighted by Gasteiger charge is -2.45. The Labute approximate surface area is 322 Å². The zero-order valence-electron chi connectivity index (χ0n) is 32.4. The van der Waals surface area contributed by atoms with Gasteiger partial charge in [0.15, 0.2) is 5.69 Å². The first-order valence-corrected chi connectivity index (χ1v) is 24.1. The summed E-state index contributed by atoms with van der Waals surface area (Å²) >= 11 is 0. The van der Waals surface area contributed by atoms with Crippen LogP contribution in [-0.4, -0.2) is 64.8 Å². The fraction of sp³-hybridized carbons (Fsp3) is 0.366. The maximum Gasteiger partial charge on any atom is 0.282 e. The van der Waals surface area contributed by atoms with Crippen molar-refractivity contribution in [3.05, 3.63) is 96.6 Å². The molecule has 1 aliphatic rings. The number of pyridine rings is 1. The molecule has 0 saturated carbocycles. The van der Waals surface area contributed by atoms with Gasteiger partial charge in [-0.1, -0.05) is 101 Å². The first-order chi connectivity index (χ1) is 26.2. The molecule has 55 heavy (non-hydrogen) atoms. The third-order valence-electron chi connectivity index (χ3n) is 10.2. The number of nitrogens with zero attached hydrogens (tertiary/aromatic N) is 7. The molecule has 0 fully saturated rings. The second kappa shape index (κ2) is 14.9. The van der Waals surface area contributed by atoms with Crippen LogP contribution in [0, 0.1) is 11.3 Å². The number of halogens is 2. The molecular weight excluding hydrogens is 733 g/mol. The fourth-order valence-electron chi connectivity index (χ4n) is 7.66. The molecule has 10 nitrogen and oxygen atoms in total. The third kappa shape index (κ3) is 7.17. The minimum Gasteiger partial charge on any atom is -0.475 e. The Hall–Kier alpha value is -4.95. The number of alkyl halides is 2. The number of nitriles is 1. The Morgan fingerprint density at radius 3 is 2.24 bits per heavy atom. The van der Waals surface area contributed by atoms with Crippen LogP contribution in [0.2, 0.25) is 30.7 Å². The number of fused-ring (bicyclic) bond motifs is 2. The van der Waals surface area contributed by atoms with Gasteiger partial charge in [-0.05, 0) is 33.6 Å². The fourth-order valence-corrected chi connectivity index (χ4v) is 13.1. The summed E-state index contributed by atoms with van der Waals surface area (Å²) in [6.45, 7) is 14.3. The molecule has 0 aliphatic carbocycles. The smallest absolute Gasteiger partial charge is 0.282 e. The van der Waals surface area contributed by atoms with E-state index in [9.17, 15) is 5.26 Å². The van der Waals surface area contributed by atoms with Crippen LogP contribution in [0.3, 0.4) is 0 Å². The van der Waals surface area contributed by atoms with E-state index in [-0.39, 0.29) is 42.1 Å². The SMILES string of the molecule is Cn1cc(-c2c(-c3c(C(F)F)nn4c3OCC(O[Si](c3ccccc3)(c3ccccc3)C(C)(C)C)C4)n(COCC[Si](C)(C)C)c3ncccc23)c(C#N)n1. The lowest BCUT2D eigenvalue weighted by atomic mass is 9.99. The van der Waals surface area contributed by atoms with Gasteiger partial charge in [-0.3, -0.25) is 4.68 Å². The van der Waals surface area contributed by atoms with E-state index in [0.29, 0.717) is 34.5 Å². The molecule has 0 spiro atoms. The van der Waals surface area contributed by atoms with E-state index < -0.39 is 34.6 Å². The standard InChI is InChI=1S/C41H47F2N7O3Si2/c1-41(2,3)55(29-15-10-8-11-16-29,30-17-12-9-13-18-30)53-28-24-50-40(52-26-28)35(36(47-50)38(42)43)37-34(32-25-48(4)46-33(32)23-44)31-19-14-20-45-39(31)49(37)27-51-21-22-54(5,6)7/h8-20,25,28,38H,21-22,24,26-27H2,1-7H3. The maximum atomic E-state index is 15.4. The molecule has 1 atom stereocenters. The van der Waals surface area contributed by atoms with Gasteiger partial charge < -0.3 is 18.5 Å². The van der Waals surface area contributed by atoms with Crippen LogP contribution in [0.25, 0.3) is 33.4 Å². The molecule has 6 aromatic rings. The largest absolute Gasteiger partial charge is 0.475 e. The summed E-state index contributed by atoms with van der Waals surface area (Å²) in [5.74, 6) is 0.201. The van der Waals surface area contributed by atoms with E-state index in [1.807, 2.05) is 42.5 Å². The second-order valence-corrected chi connectivity index (χ2v) is 26.2. The van der Waals surface area contributed by atoms with Crippen molar-refractivity contribution in [3.63, 3.8) is 0 Å². The Kier molecular flexibility index (Phi) is 10.4. The maximum absolute atomic E-state index is 15.4. The predicted molar refractivity (Wildman–Crippen MR) is 215 cm³/mol. The number of aryl methyl sites for hydroxylation is 1. The van der Waals surface area contributed by atoms with Gasteiger partial charge in [0, 0.05) is 50.6 Å². The average Bonchev–Trinajstić information content (AvgIpc) is 3.82. The predicted octanol–water partition coefficient (Wildman–Crippen LogP) is 7.76. The van der Waals surface area contributed by atoms with Crippen LogP contribution in [0.5, 0.6) is 5.88 Å². The number of rotatable bonds is 12. The van der Waals surface area contributed by atoms with Crippen molar-refractivity contribution in [1.29, 1.82) is 5.26 Å². The number of ether oxygens (including phenoxy) is 2. The molecule has 0 N–H and O–H groups in total. The van der Waals surface area contributed by atoms with Crippen LogP contribution in [0.4, 0.5) is 8.78 Å². The number of hydrogen-bond acceptors (Lipinski definition) is 7. The van der Waals surface area contributed by atoms with Crippen molar-refractivity contribution >= 4 is 37.8 Å². The van der Waals surface area contributed by atoms with Crippen molar-refractivity contribution in [2.45, 2.75) is 77.3 Å². The van der Waals surface area contributed by atoms with Gasteiger partial charge in [-0.25, -0.2) is 18.4 Å². The monoisotopic (exact) mass is 779 g/mol. The van der Waals surface area contributed by atoms with E-state index in [4.69, 9.17) is 18.9 Å². The summed E-state index contributed by atoms with van der Waals surface area (Å²) < 4.78 is 55.9. The molecule has 5 heterocycles. The minimum absolute atomic E-state index is 0.0440. The molecule has 4 aromatic heterocycles. The zero-order valence-corrected chi connectivity index (χ0v) is 34.4. The summed E-state index contributed by atoms with van der Waals surface area (Å²) in [4.78, 5) is 4.72. The van der Waals surface area contributed by atoms with Crippen molar-refractivity contribution in [1.82, 2.24) is 29.1 Å². The highest BCUT2D eigenvalue weighted by Gasteiger charge is 2.52. The van der Waals surface area contributed by atoms with Crippen molar-refractivity contribution in [3.8, 4) is 34.3 Å². The van der Waals surface area contributed by atoms with Gasteiger partial charge in [0.25, 0.3) is 14.7 Å². The van der Waals surface area contributed by atoms with Gasteiger partial charge in [0.1, 0.15) is 30.7 Å². The molecule has 7 rings (SSSR count). The topological polar surface area (TPSA) is 105 Å². The highest BCUT2D eigenvalue weighted by molar-refractivity contribution is 6.99. The van der Waals surface area contributed by atoms with E-state index in [0.717, 1.165) is 16.4 Å². The minimum atomic E-state index is -3.01. The van der Waals surface area contributed by atoms with E-state index in [2.05, 4.69) is 80.9 Å². The quantitative estimate of drug-likeness (QED) is 0.0924. The summed E-state index contributed by atoms with van der Waals surface area (Å²) in [6, 6.07) is 27.4. The van der Waals surface area contributed by atoms with Crippen molar-refractivity contribution in [2.75, 3.05) is 13.2 Å². The summed E-state index contributed by atoms with van der Waals surface area (Å²) in [6.07, 6.45) is -0.0600. The van der Waals surface area contributed by atoms with Gasteiger partial charge in [0.05, 0.1) is 23.9 Å². The van der Waals surface area contributed by atoms with Crippen molar-refractivity contribution in [2.24, 2.45) is 7.05 Å². The second-order valence-electron chi connectivity index (χ2n) is 16.3. The number of aromatic nitrogens is 6. The molecule has 0 saturated heterocycles. The lowest BCUT2D eigenvalue weighted by Crippen LogP contribution is -2.68. The Bertz CT molecular complexity index is 2300. The Morgan fingerprint density at radius 2 is 1.64 bits per heavy atom. The molecule has 0 radical (unpaired) electrons. The van der Waals surface area contributed by atoms with Crippen LogP contribution in [0.1, 0.15) is 38.6 Å². The highest BCUT2D eigenvalue weighted by atomic mass is 28.4. The van der Waals surface area contributed by atoms with E-state index in [1.54, 1.807) is 34.8 Å². The Balaban J connectivity index is 1.39. The van der Waals surface area contributed by atoms with Gasteiger partial charge >= 0.3 is 0 Å².